The molecule has 1 heterocycles. The average molecular weight is 324 g/mol. The van der Waals surface area contributed by atoms with Gasteiger partial charge in [0.2, 0.25) is 0 Å². The Hall–Kier alpha value is -1.75. The summed E-state index contributed by atoms with van der Waals surface area (Å²) in [5.74, 6) is -0.547. The monoisotopic (exact) mass is 324 g/mol. The molecule has 0 radical (unpaired) electrons. The van der Waals surface area contributed by atoms with E-state index in [0.29, 0.717) is 5.39 Å². The first-order valence-electron chi connectivity index (χ1n) is 6.91. The van der Waals surface area contributed by atoms with Crippen LogP contribution < -0.4 is 10.9 Å². The average Bonchev–Trinajstić information content (AvgIpc) is 2.45. The summed E-state index contributed by atoms with van der Waals surface area (Å²) in [6, 6.07) is 6.55. The lowest BCUT2D eigenvalue weighted by molar-refractivity contribution is 0.101. The highest BCUT2D eigenvalue weighted by Gasteiger charge is 2.35. The molecular formula is C15H17O6P. The molecule has 0 bridgehead atoms. The van der Waals surface area contributed by atoms with Crippen molar-refractivity contribution in [2.45, 2.75) is 20.8 Å². The Morgan fingerprint density at radius 3 is 2.32 bits per heavy atom. The summed E-state index contributed by atoms with van der Waals surface area (Å²) in [6.07, 6.45) is 0. The first-order valence-corrected chi connectivity index (χ1v) is 8.45. The number of para-hydroxylation sites is 1. The smallest absolute Gasteiger partial charge is 0.363 e. The second kappa shape index (κ2) is 6.57. The summed E-state index contributed by atoms with van der Waals surface area (Å²) >= 11 is 0. The van der Waals surface area contributed by atoms with Crippen LogP contribution in [0.3, 0.4) is 0 Å². The van der Waals surface area contributed by atoms with Crippen LogP contribution in [0, 0.1) is 0 Å². The van der Waals surface area contributed by atoms with E-state index in [1.807, 2.05) is 0 Å². The lowest BCUT2D eigenvalue weighted by atomic mass is 10.1. The van der Waals surface area contributed by atoms with E-state index in [1.165, 1.54) is 6.92 Å². The molecule has 22 heavy (non-hydrogen) atoms. The Kier molecular flexibility index (Phi) is 4.96. The van der Waals surface area contributed by atoms with E-state index < -0.39 is 19.0 Å². The largest absolute Gasteiger partial charge is 0.422 e. The first kappa shape index (κ1) is 16.6. The van der Waals surface area contributed by atoms with Gasteiger partial charge in [0.1, 0.15) is 11.1 Å². The van der Waals surface area contributed by atoms with Crippen molar-refractivity contribution in [3.63, 3.8) is 0 Å². The molecule has 0 fully saturated rings. The van der Waals surface area contributed by atoms with E-state index in [0.717, 1.165) is 0 Å². The predicted molar refractivity (Wildman–Crippen MR) is 83.0 cm³/mol. The van der Waals surface area contributed by atoms with E-state index in [9.17, 15) is 14.2 Å². The fourth-order valence-electron chi connectivity index (χ4n) is 2.23. The Morgan fingerprint density at radius 1 is 1.18 bits per heavy atom. The van der Waals surface area contributed by atoms with Gasteiger partial charge in [-0.25, -0.2) is 4.79 Å². The van der Waals surface area contributed by atoms with Crippen molar-refractivity contribution >= 4 is 29.7 Å². The van der Waals surface area contributed by atoms with Crippen LogP contribution in [0.15, 0.2) is 33.5 Å². The SMILES string of the molecule is CCOP(=O)(OCC)c1c(C(C)=O)c(=O)oc2ccccc12. The van der Waals surface area contributed by atoms with Gasteiger partial charge in [-0.15, -0.1) is 0 Å². The molecule has 0 unspecified atom stereocenters. The molecule has 0 N–H and O–H groups in total. The van der Waals surface area contributed by atoms with Crippen LogP contribution in [-0.4, -0.2) is 19.0 Å². The molecule has 118 valence electrons. The molecule has 2 rings (SSSR count). The number of ketones is 1. The van der Waals surface area contributed by atoms with Crippen molar-refractivity contribution < 1.29 is 22.8 Å². The number of carbonyl (C=O) groups excluding carboxylic acids is 1. The molecule has 0 spiro atoms. The van der Waals surface area contributed by atoms with Gasteiger partial charge in [-0.3, -0.25) is 9.36 Å². The van der Waals surface area contributed by atoms with Gasteiger partial charge in [-0.05, 0) is 26.8 Å². The Bertz CT molecular complexity index is 797. The normalized spacial score (nSPS) is 11.8. The summed E-state index contributed by atoms with van der Waals surface area (Å²) in [5, 5.41) is 0.355. The van der Waals surface area contributed by atoms with Crippen LogP contribution in [0.25, 0.3) is 11.0 Å². The third kappa shape index (κ3) is 2.90. The molecule has 0 saturated carbocycles. The zero-order valence-corrected chi connectivity index (χ0v) is 13.5. The van der Waals surface area contributed by atoms with Gasteiger partial charge in [-0.2, -0.15) is 0 Å². The van der Waals surface area contributed by atoms with Crippen LogP contribution >= 0.6 is 7.60 Å². The summed E-state index contributed by atoms with van der Waals surface area (Å²) in [7, 11) is -3.82. The fourth-order valence-corrected chi connectivity index (χ4v) is 4.25. The molecule has 7 heteroatoms. The predicted octanol–water partition coefficient (Wildman–Crippen LogP) is 2.89. The Balaban J connectivity index is 2.95. The molecule has 1 aromatic heterocycles. The number of benzene rings is 1. The van der Waals surface area contributed by atoms with Gasteiger partial charge in [0.05, 0.1) is 18.5 Å². The maximum atomic E-state index is 13.1. The number of hydrogen-bond donors (Lipinski definition) is 0. The standard InChI is InChI=1S/C15H17O6P/c1-4-19-22(18,20-5-2)14-11-8-6-7-9-12(11)21-15(17)13(14)10(3)16/h6-9H,4-5H2,1-3H3. The number of rotatable bonds is 6. The summed E-state index contributed by atoms with van der Waals surface area (Å²) < 4.78 is 28.9. The molecule has 2 aromatic rings. The first-order chi connectivity index (χ1) is 10.4. The van der Waals surface area contributed by atoms with Crippen LogP contribution in [-0.2, 0) is 13.6 Å². The Labute approximate surface area is 127 Å². The molecule has 0 atom stereocenters. The molecule has 0 aliphatic heterocycles. The maximum Gasteiger partial charge on any atom is 0.363 e. The maximum absolute atomic E-state index is 13.1. The van der Waals surface area contributed by atoms with E-state index in [2.05, 4.69) is 0 Å². The van der Waals surface area contributed by atoms with Gasteiger partial charge in [0.25, 0.3) is 0 Å². The zero-order chi connectivity index (χ0) is 16.3. The van der Waals surface area contributed by atoms with Gasteiger partial charge in [0.15, 0.2) is 5.78 Å². The second-order valence-electron chi connectivity index (χ2n) is 4.50. The molecule has 0 aliphatic carbocycles. The molecule has 6 nitrogen and oxygen atoms in total. The fraction of sp³-hybridized carbons (Fsp3) is 0.333. The third-order valence-electron chi connectivity index (χ3n) is 3.01. The third-order valence-corrected chi connectivity index (χ3v) is 5.22. The van der Waals surface area contributed by atoms with Crippen LogP contribution in [0.2, 0.25) is 0 Å². The lowest BCUT2D eigenvalue weighted by Crippen LogP contribution is -2.27. The van der Waals surface area contributed by atoms with Gasteiger partial charge in [0, 0.05) is 5.39 Å². The topological polar surface area (TPSA) is 82.8 Å². The molecular weight excluding hydrogens is 307 g/mol. The van der Waals surface area contributed by atoms with Gasteiger partial charge >= 0.3 is 13.2 Å². The van der Waals surface area contributed by atoms with Crippen molar-refractivity contribution in [1.29, 1.82) is 0 Å². The van der Waals surface area contributed by atoms with E-state index >= 15 is 0 Å². The number of carbonyl (C=O) groups is 1. The summed E-state index contributed by atoms with van der Waals surface area (Å²) in [5.41, 5.74) is -0.906. The number of Topliss-reactive ketones (excluding diaryl/α,β-unsaturated/α-hetero) is 1. The highest BCUT2D eigenvalue weighted by molar-refractivity contribution is 7.63. The minimum Gasteiger partial charge on any atom is -0.422 e. The quantitative estimate of drug-likeness (QED) is 0.461. The Morgan fingerprint density at radius 2 is 1.77 bits per heavy atom. The van der Waals surface area contributed by atoms with Crippen molar-refractivity contribution in [3.05, 3.63) is 40.2 Å². The van der Waals surface area contributed by atoms with E-state index in [1.54, 1.807) is 38.1 Å². The minimum atomic E-state index is -3.82. The van der Waals surface area contributed by atoms with Gasteiger partial charge in [-0.1, -0.05) is 18.2 Å². The van der Waals surface area contributed by atoms with Crippen molar-refractivity contribution in [3.8, 4) is 0 Å². The second-order valence-corrected chi connectivity index (χ2v) is 6.46. The lowest BCUT2D eigenvalue weighted by Gasteiger charge is -2.20. The van der Waals surface area contributed by atoms with Crippen molar-refractivity contribution in [1.82, 2.24) is 0 Å². The van der Waals surface area contributed by atoms with Gasteiger partial charge < -0.3 is 13.5 Å². The van der Waals surface area contributed by atoms with Crippen LogP contribution in [0.1, 0.15) is 31.1 Å². The summed E-state index contributed by atoms with van der Waals surface area (Å²) in [6.45, 7) is 4.76. The van der Waals surface area contributed by atoms with Crippen molar-refractivity contribution in [2.24, 2.45) is 0 Å². The summed E-state index contributed by atoms with van der Waals surface area (Å²) in [4.78, 5) is 24.0. The van der Waals surface area contributed by atoms with E-state index in [4.69, 9.17) is 13.5 Å². The van der Waals surface area contributed by atoms with Crippen LogP contribution in [0.4, 0.5) is 0 Å². The number of fused-ring (bicyclic) bond motifs is 1. The van der Waals surface area contributed by atoms with Crippen molar-refractivity contribution in [2.75, 3.05) is 13.2 Å². The molecule has 0 aliphatic rings. The molecule has 1 aromatic carbocycles. The van der Waals surface area contributed by atoms with E-state index in [-0.39, 0.29) is 29.7 Å². The highest BCUT2D eigenvalue weighted by atomic mass is 31.2. The van der Waals surface area contributed by atoms with Crippen LogP contribution in [0.5, 0.6) is 0 Å². The zero-order valence-electron chi connectivity index (χ0n) is 12.6. The number of hydrogen-bond acceptors (Lipinski definition) is 6. The highest BCUT2D eigenvalue weighted by Crippen LogP contribution is 2.49. The molecule has 0 amide bonds. The molecule has 0 saturated heterocycles. The minimum absolute atomic E-state index is 0.0180.